The molecule has 0 saturated carbocycles. The van der Waals surface area contributed by atoms with Crippen molar-refractivity contribution in [1.29, 1.82) is 0 Å². The van der Waals surface area contributed by atoms with E-state index in [0.29, 0.717) is 30.5 Å². The molecule has 0 unspecified atom stereocenters. The van der Waals surface area contributed by atoms with Crippen LogP contribution < -0.4 is 25.2 Å². The molecule has 3 amide bonds. The highest BCUT2D eigenvalue weighted by atomic mass is 16.5. The molecular weight excluding hydrogens is 1140 g/mol. The summed E-state index contributed by atoms with van der Waals surface area (Å²) in [5, 5.41) is 6.11. The Labute approximate surface area is 555 Å². The van der Waals surface area contributed by atoms with Gasteiger partial charge in [-0.3, -0.25) is 19.2 Å². The standard InChI is InChI=1S/2C11H15NO.C11H14O.C10H13NO.C10H15N.C10H14O.C9H13N.C9H12O/c1-9(2)12(3)11(13)10-7-5-4-6-8-10;1-9(2)11(13)12(3)10-7-5-4-6-8-10;1-9(2)8-11(12)10-6-4-3-5-7-10;1-8(2)10(12)11-9-6-4-3-5-7-9;1-9(2)11(3)10-7-5-4-6-8-10;1-9(2)11-8-10-6-4-3-5-7-10;2*1-8(2)10-9-6-4-3-5-7-9/h2*4-9H,1-3H3;3-7,9H,8H2,1-2H3;3-8H,1-2H3,(H,11,12);4-9H,1-3H3;3-7,9H,8H2,1-2H3;3-8,10H,1-2H3;3-8H,1-2H3. The highest BCUT2D eigenvalue weighted by Gasteiger charge is 2.15. The fourth-order valence-electron chi connectivity index (χ4n) is 7.54. The van der Waals surface area contributed by atoms with Crippen LogP contribution in [0.4, 0.5) is 22.7 Å². The van der Waals surface area contributed by atoms with Crippen LogP contribution in [0.25, 0.3) is 0 Å². The first-order valence-corrected chi connectivity index (χ1v) is 32.3. The average molecular weight is 1250 g/mol. The van der Waals surface area contributed by atoms with E-state index in [2.05, 4.69) is 113 Å². The summed E-state index contributed by atoms with van der Waals surface area (Å²) in [5.41, 5.74) is 7.09. The Morgan fingerprint density at radius 2 is 0.804 bits per heavy atom. The van der Waals surface area contributed by atoms with E-state index in [9.17, 15) is 19.2 Å². The van der Waals surface area contributed by atoms with E-state index in [-0.39, 0.29) is 47.5 Å². The van der Waals surface area contributed by atoms with Gasteiger partial charge in [-0.05, 0) is 154 Å². The first-order valence-electron chi connectivity index (χ1n) is 32.3. The minimum absolute atomic E-state index is 0.0326. The van der Waals surface area contributed by atoms with Crippen LogP contribution in [0, 0.1) is 17.8 Å². The van der Waals surface area contributed by atoms with E-state index in [0.717, 1.165) is 34.9 Å². The van der Waals surface area contributed by atoms with E-state index in [4.69, 9.17) is 9.47 Å². The molecule has 0 radical (unpaired) electrons. The molecule has 8 aromatic rings. The van der Waals surface area contributed by atoms with Gasteiger partial charge in [0.25, 0.3) is 5.91 Å². The molecular formula is C81H111N5O6. The van der Waals surface area contributed by atoms with Crippen LogP contribution >= 0.6 is 0 Å². The molecule has 0 saturated heterocycles. The van der Waals surface area contributed by atoms with Crippen LogP contribution in [0.15, 0.2) is 243 Å². The maximum absolute atomic E-state index is 11.7. The zero-order valence-corrected chi connectivity index (χ0v) is 58.9. The Morgan fingerprint density at radius 1 is 0.413 bits per heavy atom. The lowest BCUT2D eigenvalue weighted by Crippen LogP contribution is -2.32. The second-order valence-electron chi connectivity index (χ2n) is 24.2. The lowest BCUT2D eigenvalue weighted by Gasteiger charge is -2.23. The Hall–Kier alpha value is -8.80. The van der Waals surface area contributed by atoms with Crippen molar-refractivity contribution in [2.45, 2.75) is 154 Å². The molecule has 0 atom stereocenters. The summed E-state index contributed by atoms with van der Waals surface area (Å²) >= 11 is 0. The molecule has 11 heteroatoms. The van der Waals surface area contributed by atoms with Gasteiger partial charge in [0, 0.05) is 91.4 Å². The molecule has 0 heterocycles. The van der Waals surface area contributed by atoms with Crippen LogP contribution in [0.5, 0.6) is 5.75 Å². The van der Waals surface area contributed by atoms with Crippen molar-refractivity contribution in [2.24, 2.45) is 17.8 Å². The van der Waals surface area contributed by atoms with Crippen molar-refractivity contribution in [3.8, 4) is 5.75 Å². The third-order valence-corrected chi connectivity index (χ3v) is 13.0. The van der Waals surface area contributed by atoms with Gasteiger partial charge in [-0.2, -0.15) is 0 Å². The Kier molecular flexibility index (Phi) is 42.4. The predicted molar refractivity (Wildman–Crippen MR) is 392 cm³/mol. The third-order valence-electron chi connectivity index (χ3n) is 13.0. The van der Waals surface area contributed by atoms with Crippen LogP contribution in [-0.2, 0) is 20.9 Å². The second-order valence-corrected chi connectivity index (χ2v) is 24.2. The van der Waals surface area contributed by atoms with Crippen molar-refractivity contribution < 1.29 is 28.7 Å². The number of carbonyl (C=O) groups is 4. The monoisotopic (exact) mass is 1250 g/mol. The number of Topliss-reactive ketones (excluding diaryl/α,β-unsaturated/α-hetero) is 1. The SMILES string of the molecule is CC(C)C(=O)N(C)c1ccccc1.CC(C)C(=O)Nc1ccccc1.CC(C)CC(=O)c1ccccc1.CC(C)N(C)C(=O)c1ccccc1.CC(C)N(C)c1ccccc1.CC(C)Nc1ccccc1.CC(C)OCc1ccccc1.CC(C)Oc1ccccc1. The predicted octanol–water partition coefficient (Wildman–Crippen LogP) is 19.8. The number of amides is 3. The Bertz CT molecular complexity index is 3050. The van der Waals surface area contributed by atoms with Gasteiger partial charge in [0.15, 0.2) is 5.78 Å². The van der Waals surface area contributed by atoms with Crippen molar-refractivity contribution in [1.82, 2.24) is 4.90 Å². The summed E-state index contributed by atoms with van der Waals surface area (Å²) in [4.78, 5) is 51.6. The molecule has 0 aliphatic heterocycles. The molecule has 0 aliphatic rings. The fourth-order valence-corrected chi connectivity index (χ4v) is 7.54. The number of benzene rings is 8. The Balaban J connectivity index is 0.000000527. The summed E-state index contributed by atoms with van der Waals surface area (Å²) < 4.78 is 10.8. The number of carbonyl (C=O) groups excluding carboxylic acids is 4. The van der Waals surface area contributed by atoms with Gasteiger partial charge in [0.1, 0.15) is 5.75 Å². The third kappa shape index (κ3) is 38.7. The van der Waals surface area contributed by atoms with E-state index in [1.54, 1.807) is 16.8 Å². The summed E-state index contributed by atoms with van der Waals surface area (Å²) in [5.74, 6) is 1.99. The first kappa shape index (κ1) is 81.2. The Morgan fingerprint density at radius 3 is 1.18 bits per heavy atom. The number of rotatable bonds is 18. The molecule has 496 valence electrons. The van der Waals surface area contributed by atoms with E-state index in [1.165, 1.54) is 16.9 Å². The molecule has 0 aliphatic carbocycles. The van der Waals surface area contributed by atoms with Crippen LogP contribution in [0.2, 0.25) is 0 Å². The van der Waals surface area contributed by atoms with Crippen LogP contribution in [-0.4, -0.2) is 79.9 Å². The lowest BCUT2D eigenvalue weighted by atomic mass is 10.0. The second kappa shape index (κ2) is 48.1. The normalized spacial score (nSPS) is 10.1. The minimum Gasteiger partial charge on any atom is -0.491 e. The highest BCUT2D eigenvalue weighted by molar-refractivity contribution is 5.96. The van der Waals surface area contributed by atoms with Gasteiger partial charge in [-0.15, -0.1) is 0 Å². The molecule has 0 bridgehead atoms. The molecule has 8 rings (SSSR count). The number of hydrogen-bond acceptors (Lipinski definition) is 8. The molecule has 0 fully saturated rings. The zero-order valence-electron chi connectivity index (χ0n) is 58.9. The number of nitrogens with one attached hydrogen (secondary N) is 2. The lowest BCUT2D eigenvalue weighted by molar-refractivity contribution is -0.121. The molecule has 8 aromatic carbocycles. The number of anilines is 4. The van der Waals surface area contributed by atoms with Crippen LogP contribution in [0.1, 0.15) is 143 Å². The van der Waals surface area contributed by atoms with Gasteiger partial charge in [-0.25, -0.2) is 0 Å². The maximum Gasteiger partial charge on any atom is 0.253 e. The minimum atomic E-state index is 0.0326. The fraction of sp³-hybridized carbons (Fsp3) is 0.358. The summed E-state index contributed by atoms with van der Waals surface area (Å²) in [6.45, 7) is 33.2. The smallest absolute Gasteiger partial charge is 0.253 e. The highest BCUT2D eigenvalue weighted by Crippen LogP contribution is 2.16. The van der Waals surface area contributed by atoms with Gasteiger partial charge in [-0.1, -0.05) is 211 Å². The molecule has 0 spiro atoms. The number of ether oxygens (including phenoxy) is 2. The first-order chi connectivity index (χ1) is 43.7. The van der Waals surface area contributed by atoms with Crippen LogP contribution in [0.3, 0.4) is 0 Å². The van der Waals surface area contributed by atoms with Gasteiger partial charge in [0.2, 0.25) is 11.8 Å². The van der Waals surface area contributed by atoms with Gasteiger partial charge >= 0.3 is 0 Å². The van der Waals surface area contributed by atoms with Crippen molar-refractivity contribution >= 4 is 46.3 Å². The van der Waals surface area contributed by atoms with E-state index < -0.39 is 0 Å². The average Bonchev–Trinajstić information content (AvgIpc) is 3.73. The topological polar surface area (TPSA) is 121 Å². The summed E-state index contributed by atoms with van der Waals surface area (Å²) in [6.07, 6.45) is 1.22. The summed E-state index contributed by atoms with van der Waals surface area (Å²) in [7, 11) is 5.73. The molecule has 0 aromatic heterocycles. The zero-order chi connectivity index (χ0) is 68.8. The number of hydrogen-bond donors (Lipinski definition) is 2. The largest absolute Gasteiger partial charge is 0.491 e. The maximum atomic E-state index is 11.7. The summed E-state index contributed by atoms with van der Waals surface area (Å²) in [6, 6.07) is 79.9. The molecule has 92 heavy (non-hydrogen) atoms. The molecule has 11 nitrogen and oxygen atoms in total. The number of nitrogens with zero attached hydrogens (tertiary/aromatic N) is 3. The van der Waals surface area contributed by atoms with Gasteiger partial charge < -0.3 is 34.8 Å². The van der Waals surface area contributed by atoms with Crippen molar-refractivity contribution in [3.05, 3.63) is 259 Å². The molecule has 2 N–H and O–H groups in total. The van der Waals surface area contributed by atoms with Crippen molar-refractivity contribution in [2.75, 3.05) is 41.6 Å². The number of para-hydroxylation sites is 5. The van der Waals surface area contributed by atoms with Gasteiger partial charge in [0.05, 0.1) is 18.8 Å². The van der Waals surface area contributed by atoms with E-state index in [1.807, 2.05) is 270 Å². The van der Waals surface area contributed by atoms with Crippen molar-refractivity contribution in [3.63, 3.8) is 0 Å². The number of ketones is 1. The quantitative estimate of drug-likeness (QED) is 0.0815. The van der Waals surface area contributed by atoms with E-state index >= 15 is 0 Å².